The van der Waals surface area contributed by atoms with E-state index in [4.69, 9.17) is 9.84 Å². The van der Waals surface area contributed by atoms with Crippen LogP contribution in [-0.4, -0.2) is 47.3 Å². The van der Waals surface area contributed by atoms with Crippen LogP contribution >= 0.6 is 0 Å². The highest BCUT2D eigenvalue weighted by Crippen LogP contribution is 2.15. The van der Waals surface area contributed by atoms with Gasteiger partial charge in [-0.25, -0.2) is 14.8 Å². The zero-order valence-corrected chi connectivity index (χ0v) is 9.67. The number of carbonyl (C=O) groups is 1. The first-order chi connectivity index (χ1) is 8.16. The van der Waals surface area contributed by atoms with Crippen LogP contribution in [0.25, 0.3) is 0 Å². The molecule has 6 nitrogen and oxygen atoms in total. The molecule has 0 aromatic carbocycles. The molecule has 1 fully saturated rings. The molecule has 6 heteroatoms. The van der Waals surface area contributed by atoms with Crippen molar-refractivity contribution in [2.24, 2.45) is 0 Å². The van der Waals surface area contributed by atoms with Gasteiger partial charge in [0.15, 0.2) is 5.69 Å². The zero-order valence-electron chi connectivity index (χ0n) is 9.67. The fourth-order valence-electron chi connectivity index (χ4n) is 1.83. The molecule has 1 atom stereocenters. The van der Waals surface area contributed by atoms with E-state index in [0.29, 0.717) is 12.5 Å². The molecule has 0 amide bonds. The van der Waals surface area contributed by atoms with Crippen LogP contribution in [0.3, 0.4) is 0 Å². The molecule has 2 rings (SSSR count). The van der Waals surface area contributed by atoms with Gasteiger partial charge in [-0.3, -0.25) is 0 Å². The number of anilines is 1. The highest BCUT2D eigenvalue weighted by Gasteiger charge is 2.19. The monoisotopic (exact) mass is 237 g/mol. The molecule has 1 N–H and O–H groups in total. The maximum atomic E-state index is 10.8. The number of nitrogens with zero attached hydrogens (tertiary/aromatic N) is 3. The summed E-state index contributed by atoms with van der Waals surface area (Å²) in [7, 11) is 1.84. The molecule has 0 radical (unpaired) electrons. The molecule has 92 valence electrons. The summed E-state index contributed by atoms with van der Waals surface area (Å²) in [6.07, 6.45) is 3.76. The quantitative estimate of drug-likeness (QED) is 0.834. The molecule has 1 aromatic rings. The maximum Gasteiger partial charge on any atom is 0.354 e. The van der Waals surface area contributed by atoms with Crippen molar-refractivity contribution in [2.75, 3.05) is 25.1 Å². The molecular formula is C11H15N3O3. The third-order valence-electron chi connectivity index (χ3n) is 2.70. The van der Waals surface area contributed by atoms with Gasteiger partial charge in [-0.05, 0) is 18.9 Å². The molecule has 0 aliphatic carbocycles. The highest BCUT2D eigenvalue weighted by molar-refractivity contribution is 5.85. The first-order valence-electron chi connectivity index (χ1n) is 5.56. The molecule has 0 bridgehead atoms. The van der Waals surface area contributed by atoms with E-state index in [0.717, 1.165) is 19.4 Å². The molecular weight excluding hydrogens is 222 g/mol. The second kappa shape index (κ2) is 5.09. The summed E-state index contributed by atoms with van der Waals surface area (Å²) >= 11 is 0. The summed E-state index contributed by atoms with van der Waals surface area (Å²) in [5, 5.41) is 8.84. The molecule has 1 saturated heterocycles. The smallest absolute Gasteiger partial charge is 0.354 e. The number of carboxylic acids is 1. The number of ether oxygens (including phenoxy) is 1. The van der Waals surface area contributed by atoms with Gasteiger partial charge < -0.3 is 14.7 Å². The normalized spacial score (nSPS) is 19.2. The van der Waals surface area contributed by atoms with Crippen LogP contribution in [0.2, 0.25) is 0 Å². The number of rotatable bonds is 4. The lowest BCUT2D eigenvalue weighted by molar-refractivity contribution is 0.0690. The Kier molecular flexibility index (Phi) is 3.53. The second-order valence-corrected chi connectivity index (χ2v) is 4.06. The fourth-order valence-corrected chi connectivity index (χ4v) is 1.83. The van der Waals surface area contributed by atoms with Crippen LogP contribution in [0, 0.1) is 0 Å². The molecule has 2 heterocycles. The summed E-state index contributed by atoms with van der Waals surface area (Å²) in [6.45, 7) is 1.48. The van der Waals surface area contributed by atoms with Crippen molar-refractivity contribution in [1.82, 2.24) is 9.97 Å². The third kappa shape index (κ3) is 2.91. The van der Waals surface area contributed by atoms with Gasteiger partial charge in [0.05, 0.1) is 6.10 Å². The lowest BCUT2D eigenvalue weighted by Gasteiger charge is -2.20. The van der Waals surface area contributed by atoms with Gasteiger partial charge in [-0.2, -0.15) is 0 Å². The largest absolute Gasteiger partial charge is 0.477 e. The Morgan fingerprint density at radius 2 is 2.53 bits per heavy atom. The van der Waals surface area contributed by atoms with E-state index in [9.17, 15) is 4.79 Å². The first-order valence-corrected chi connectivity index (χ1v) is 5.56. The Morgan fingerprint density at radius 1 is 1.71 bits per heavy atom. The average Bonchev–Trinajstić information content (AvgIpc) is 2.82. The van der Waals surface area contributed by atoms with E-state index in [2.05, 4.69) is 9.97 Å². The topological polar surface area (TPSA) is 75.5 Å². The number of hydrogen-bond donors (Lipinski definition) is 1. The second-order valence-electron chi connectivity index (χ2n) is 4.06. The van der Waals surface area contributed by atoms with Gasteiger partial charge in [0.25, 0.3) is 0 Å². The van der Waals surface area contributed by atoms with E-state index < -0.39 is 5.97 Å². The number of carboxylic acid groups (broad SMARTS) is 1. The molecule has 0 spiro atoms. The Labute approximate surface area is 99.2 Å². The summed E-state index contributed by atoms with van der Waals surface area (Å²) < 4.78 is 5.51. The molecule has 1 aliphatic rings. The van der Waals surface area contributed by atoms with Gasteiger partial charge in [0, 0.05) is 26.4 Å². The number of likely N-dealkylation sites (N-methyl/N-ethyl adjacent to an activating group) is 1. The van der Waals surface area contributed by atoms with Gasteiger partial charge in [-0.15, -0.1) is 0 Å². The van der Waals surface area contributed by atoms with E-state index in [1.54, 1.807) is 0 Å². The number of hydrogen-bond acceptors (Lipinski definition) is 5. The lowest BCUT2D eigenvalue weighted by atomic mass is 10.2. The Bertz CT molecular complexity index is 405. The van der Waals surface area contributed by atoms with Crippen molar-refractivity contribution in [3.8, 4) is 0 Å². The predicted octanol–water partition coefficient (Wildman–Crippen LogP) is 0.790. The van der Waals surface area contributed by atoms with Crippen molar-refractivity contribution < 1.29 is 14.6 Å². The van der Waals surface area contributed by atoms with Crippen LogP contribution in [-0.2, 0) is 4.74 Å². The van der Waals surface area contributed by atoms with Crippen LogP contribution in [0.15, 0.2) is 12.3 Å². The van der Waals surface area contributed by atoms with Crippen molar-refractivity contribution >= 4 is 11.9 Å². The molecule has 0 saturated carbocycles. The minimum atomic E-state index is -1.04. The Morgan fingerprint density at radius 3 is 3.18 bits per heavy atom. The summed E-state index contributed by atoms with van der Waals surface area (Å²) in [4.78, 5) is 20.6. The number of aromatic nitrogens is 2. The van der Waals surface area contributed by atoms with Crippen molar-refractivity contribution in [3.63, 3.8) is 0 Å². The Hall–Kier alpha value is -1.69. The number of aromatic carboxylic acids is 1. The van der Waals surface area contributed by atoms with E-state index in [1.165, 1.54) is 12.3 Å². The third-order valence-corrected chi connectivity index (χ3v) is 2.70. The summed E-state index contributed by atoms with van der Waals surface area (Å²) in [5.74, 6) is -0.625. The highest BCUT2D eigenvalue weighted by atomic mass is 16.5. The lowest BCUT2D eigenvalue weighted by Crippen LogP contribution is -2.30. The van der Waals surface area contributed by atoms with E-state index in [1.807, 2.05) is 11.9 Å². The van der Waals surface area contributed by atoms with Crippen LogP contribution < -0.4 is 4.90 Å². The summed E-state index contributed by atoms with van der Waals surface area (Å²) in [5.41, 5.74) is 0.00851. The zero-order chi connectivity index (χ0) is 12.3. The van der Waals surface area contributed by atoms with Gasteiger partial charge in [-0.1, -0.05) is 0 Å². The van der Waals surface area contributed by atoms with Crippen molar-refractivity contribution in [3.05, 3.63) is 18.0 Å². The molecule has 1 unspecified atom stereocenters. The molecule has 1 aromatic heterocycles. The van der Waals surface area contributed by atoms with Crippen molar-refractivity contribution in [1.29, 1.82) is 0 Å². The summed E-state index contributed by atoms with van der Waals surface area (Å²) in [6, 6.07) is 1.38. The Balaban J connectivity index is 2.04. The predicted molar refractivity (Wildman–Crippen MR) is 61.2 cm³/mol. The molecule has 1 aliphatic heterocycles. The van der Waals surface area contributed by atoms with Crippen LogP contribution in [0.4, 0.5) is 5.95 Å². The van der Waals surface area contributed by atoms with Gasteiger partial charge in [0.2, 0.25) is 5.95 Å². The minimum absolute atomic E-state index is 0.00851. The van der Waals surface area contributed by atoms with E-state index >= 15 is 0 Å². The van der Waals surface area contributed by atoms with Gasteiger partial charge >= 0.3 is 5.97 Å². The van der Waals surface area contributed by atoms with Crippen LogP contribution in [0.5, 0.6) is 0 Å². The van der Waals surface area contributed by atoms with Crippen LogP contribution in [0.1, 0.15) is 23.3 Å². The van der Waals surface area contributed by atoms with Gasteiger partial charge in [0.1, 0.15) is 0 Å². The minimum Gasteiger partial charge on any atom is -0.477 e. The average molecular weight is 237 g/mol. The standard InChI is InChI=1S/C11H15N3O3/c1-14(7-8-3-2-6-17-8)11-12-5-4-9(13-11)10(15)16/h4-5,8H,2-3,6-7H2,1H3,(H,15,16). The maximum absolute atomic E-state index is 10.8. The fraction of sp³-hybridized carbons (Fsp3) is 0.545. The SMILES string of the molecule is CN(CC1CCCO1)c1nccc(C(=O)O)n1. The molecule has 17 heavy (non-hydrogen) atoms. The van der Waals surface area contributed by atoms with E-state index in [-0.39, 0.29) is 11.8 Å². The first kappa shape index (κ1) is 11.8. The van der Waals surface area contributed by atoms with Crippen molar-refractivity contribution in [2.45, 2.75) is 18.9 Å².